The third kappa shape index (κ3) is 3.39. The Bertz CT molecular complexity index is 1080. The van der Waals surface area contributed by atoms with Gasteiger partial charge in [-0.25, -0.2) is 19.7 Å². The Labute approximate surface area is 163 Å². The lowest BCUT2D eigenvalue weighted by molar-refractivity contribution is -0.0334. The summed E-state index contributed by atoms with van der Waals surface area (Å²) >= 11 is 0. The molecular weight excluding hydrogens is 382 g/mol. The van der Waals surface area contributed by atoms with Crippen LogP contribution in [0, 0.1) is 0 Å². The first kappa shape index (κ1) is 18.8. The quantitative estimate of drug-likeness (QED) is 0.292. The largest absolute Gasteiger partial charge is 0.508 e. The molecule has 5 N–H and O–H groups in total. The van der Waals surface area contributed by atoms with Crippen LogP contribution < -0.4 is 5.32 Å². The van der Waals surface area contributed by atoms with E-state index in [4.69, 9.17) is 4.74 Å². The number of hydrogen-bond acceptors (Lipinski definition) is 10. The molecule has 0 unspecified atom stereocenters. The Morgan fingerprint density at radius 3 is 2.66 bits per heavy atom. The summed E-state index contributed by atoms with van der Waals surface area (Å²) in [5.41, 5.74) is 1.63. The normalized spacial score (nSPS) is 23.8. The van der Waals surface area contributed by atoms with E-state index >= 15 is 0 Å². The number of aromatic nitrogens is 4. The molecule has 1 aliphatic rings. The summed E-state index contributed by atoms with van der Waals surface area (Å²) in [7, 11) is 0. The van der Waals surface area contributed by atoms with Gasteiger partial charge in [-0.1, -0.05) is 12.1 Å². The lowest BCUT2D eigenvalue weighted by Crippen LogP contribution is -2.32. The van der Waals surface area contributed by atoms with E-state index in [2.05, 4.69) is 20.3 Å². The van der Waals surface area contributed by atoms with Crippen LogP contribution in [0.25, 0.3) is 11.2 Å². The molecule has 150 valence electrons. The van der Waals surface area contributed by atoms with Crippen LogP contribution in [0.5, 0.6) is 5.75 Å². The summed E-state index contributed by atoms with van der Waals surface area (Å²) in [6.45, 7) is 0.417. The number of aliphatic hydroxyl groups is 3. The van der Waals surface area contributed by atoms with Gasteiger partial charge in [0.1, 0.15) is 24.3 Å². The summed E-state index contributed by atoms with van der Waals surface area (Å²) in [5.74, 6) is 1.02. The maximum Gasteiger partial charge on any atom is 0.209 e. The van der Waals surface area contributed by atoms with Crippen LogP contribution in [0.1, 0.15) is 11.8 Å². The molecule has 1 fully saturated rings. The summed E-state index contributed by atoms with van der Waals surface area (Å²) in [5, 5.41) is 42.4. The van der Waals surface area contributed by atoms with E-state index < -0.39 is 30.3 Å². The average Bonchev–Trinajstić information content (AvgIpc) is 3.29. The highest BCUT2D eigenvalue weighted by Gasteiger charge is 2.46. The second kappa shape index (κ2) is 7.49. The SMILES string of the molecule is O=C=C(O)[C@H]1O[C@@H](n2cnc3c(NCc4ccc(O)cc4)ncnc32)[C@H](O)[C@@H]1O. The number of nitrogens with zero attached hydrogens (tertiary/aromatic N) is 4. The molecule has 3 heterocycles. The van der Waals surface area contributed by atoms with Crippen molar-refractivity contribution in [2.45, 2.75) is 31.1 Å². The average molecular weight is 399 g/mol. The Balaban J connectivity index is 1.60. The number of anilines is 1. The number of rotatable bonds is 5. The molecule has 0 amide bonds. The third-order valence-electron chi connectivity index (χ3n) is 4.64. The summed E-state index contributed by atoms with van der Waals surface area (Å²) < 4.78 is 6.82. The molecule has 4 rings (SSSR count). The van der Waals surface area contributed by atoms with Crippen LogP contribution in [0.2, 0.25) is 0 Å². The molecule has 4 atom stereocenters. The van der Waals surface area contributed by atoms with Gasteiger partial charge in [0, 0.05) is 6.54 Å². The molecule has 0 saturated carbocycles. The number of hydrogen-bond donors (Lipinski definition) is 5. The fourth-order valence-electron chi connectivity index (χ4n) is 3.14. The molecule has 0 spiro atoms. The molecule has 1 saturated heterocycles. The number of benzene rings is 1. The Morgan fingerprint density at radius 1 is 1.17 bits per heavy atom. The van der Waals surface area contributed by atoms with E-state index in [1.54, 1.807) is 24.3 Å². The van der Waals surface area contributed by atoms with Crippen molar-refractivity contribution in [1.82, 2.24) is 19.5 Å². The zero-order valence-electron chi connectivity index (χ0n) is 14.9. The smallest absolute Gasteiger partial charge is 0.209 e. The molecule has 3 aromatic rings. The third-order valence-corrected chi connectivity index (χ3v) is 4.64. The van der Waals surface area contributed by atoms with E-state index in [1.165, 1.54) is 23.2 Å². The van der Waals surface area contributed by atoms with Gasteiger partial charge < -0.3 is 30.5 Å². The van der Waals surface area contributed by atoms with Gasteiger partial charge in [-0.05, 0) is 17.7 Å². The fourth-order valence-corrected chi connectivity index (χ4v) is 3.14. The number of aliphatic hydroxyl groups excluding tert-OH is 3. The Kier molecular flexibility index (Phi) is 4.87. The van der Waals surface area contributed by atoms with E-state index in [0.717, 1.165) is 5.56 Å². The molecule has 11 nitrogen and oxygen atoms in total. The van der Waals surface area contributed by atoms with E-state index in [9.17, 15) is 25.2 Å². The number of nitrogens with one attached hydrogen (secondary N) is 1. The maximum absolute atomic E-state index is 10.7. The van der Waals surface area contributed by atoms with E-state index in [-0.39, 0.29) is 5.75 Å². The van der Waals surface area contributed by atoms with Gasteiger partial charge in [0.05, 0.1) is 6.33 Å². The van der Waals surface area contributed by atoms with Crippen molar-refractivity contribution in [1.29, 1.82) is 0 Å². The van der Waals surface area contributed by atoms with Gasteiger partial charge in [-0.2, -0.15) is 0 Å². The van der Waals surface area contributed by atoms with Crippen molar-refractivity contribution >= 4 is 22.9 Å². The summed E-state index contributed by atoms with van der Waals surface area (Å²) in [4.78, 5) is 23.2. The minimum Gasteiger partial charge on any atom is -0.508 e. The summed E-state index contributed by atoms with van der Waals surface area (Å²) in [6.07, 6.45) is -2.83. The molecule has 1 aliphatic heterocycles. The first-order chi connectivity index (χ1) is 14.0. The second-order valence-electron chi connectivity index (χ2n) is 6.48. The minimum absolute atomic E-state index is 0.169. The first-order valence-corrected chi connectivity index (χ1v) is 8.64. The first-order valence-electron chi connectivity index (χ1n) is 8.64. The summed E-state index contributed by atoms with van der Waals surface area (Å²) in [6, 6.07) is 6.67. The Hall–Kier alpha value is -3.50. The highest BCUT2D eigenvalue weighted by Crippen LogP contribution is 2.34. The van der Waals surface area contributed by atoms with Crippen molar-refractivity contribution < 1.29 is 30.0 Å². The van der Waals surface area contributed by atoms with Gasteiger partial charge in [-0.3, -0.25) is 4.57 Å². The van der Waals surface area contributed by atoms with Crippen LogP contribution >= 0.6 is 0 Å². The molecular formula is C18H17N5O6. The number of fused-ring (bicyclic) bond motifs is 1. The predicted octanol–water partition coefficient (Wildman–Crippen LogP) is 0.0367. The monoisotopic (exact) mass is 399 g/mol. The van der Waals surface area contributed by atoms with Crippen LogP contribution in [0.3, 0.4) is 0 Å². The van der Waals surface area contributed by atoms with Gasteiger partial charge >= 0.3 is 0 Å². The number of carbonyl (C=O) groups excluding carboxylic acids is 1. The fraction of sp³-hybridized carbons (Fsp3) is 0.278. The Morgan fingerprint density at radius 2 is 1.93 bits per heavy atom. The van der Waals surface area contributed by atoms with Gasteiger partial charge in [0.2, 0.25) is 5.76 Å². The van der Waals surface area contributed by atoms with Crippen molar-refractivity contribution in [2.75, 3.05) is 5.32 Å². The van der Waals surface area contributed by atoms with Crippen molar-refractivity contribution in [3.05, 3.63) is 48.2 Å². The molecule has 11 heteroatoms. The number of imidazole rings is 1. The van der Waals surface area contributed by atoms with Crippen molar-refractivity contribution in [3.63, 3.8) is 0 Å². The molecule has 1 aromatic carbocycles. The number of phenolic OH excluding ortho intramolecular Hbond substituents is 1. The minimum atomic E-state index is -1.52. The molecule has 2 aromatic heterocycles. The van der Waals surface area contributed by atoms with Crippen LogP contribution in [0.15, 0.2) is 42.7 Å². The van der Waals surface area contributed by atoms with Gasteiger partial charge in [0.15, 0.2) is 35.3 Å². The van der Waals surface area contributed by atoms with Crippen LogP contribution in [-0.4, -0.2) is 64.2 Å². The van der Waals surface area contributed by atoms with Crippen molar-refractivity contribution in [2.24, 2.45) is 0 Å². The molecule has 0 aliphatic carbocycles. The zero-order valence-corrected chi connectivity index (χ0v) is 14.9. The topological polar surface area (TPSA) is 163 Å². The van der Waals surface area contributed by atoms with E-state index in [0.29, 0.717) is 23.5 Å². The zero-order chi connectivity index (χ0) is 20.5. The number of ether oxygens (including phenoxy) is 1. The predicted molar refractivity (Wildman–Crippen MR) is 98.5 cm³/mol. The standard InChI is InChI=1S/C18H17N5O6/c24-6-11(26)15-13(27)14(28)18(29-15)23-8-22-12-16(20-7-21-17(12)23)19-5-9-1-3-10(25)4-2-9/h1-4,7-8,13-15,18,25-28H,5H2,(H,19,20,21)/t13-,14+,15+,18+/m0/s1. The second-order valence-corrected chi connectivity index (χ2v) is 6.48. The lowest BCUT2D eigenvalue weighted by Gasteiger charge is -2.16. The molecule has 0 bridgehead atoms. The highest BCUT2D eigenvalue weighted by atomic mass is 16.6. The van der Waals surface area contributed by atoms with Gasteiger partial charge in [-0.15, -0.1) is 0 Å². The number of phenols is 1. The molecule has 29 heavy (non-hydrogen) atoms. The highest BCUT2D eigenvalue weighted by molar-refractivity contribution is 5.82. The van der Waals surface area contributed by atoms with E-state index in [1.807, 2.05) is 0 Å². The van der Waals surface area contributed by atoms with Crippen LogP contribution in [-0.2, 0) is 16.1 Å². The van der Waals surface area contributed by atoms with Gasteiger partial charge in [0.25, 0.3) is 0 Å². The lowest BCUT2D eigenvalue weighted by atomic mass is 10.1. The van der Waals surface area contributed by atoms with Crippen LogP contribution in [0.4, 0.5) is 5.82 Å². The maximum atomic E-state index is 10.7. The van der Waals surface area contributed by atoms with Crippen molar-refractivity contribution in [3.8, 4) is 5.75 Å². The number of aromatic hydroxyl groups is 1. The molecule has 0 radical (unpaired) electrons.